The van der Waals surface area contributed by atoms with Crippen molar-refractivity contribution in [2.75, 3.05) is 16.8 Å². The summed E-state index contributed by atoms with van der Waals surface area (Å²) in [6.45, 7) is 2.41. The number of anilines is 3. The van der Waals surface area contributed by atoms with Gasteiger partial charge in [-0.25, -0.2) is 9.97 Å². The van der Waals surface area contributed by atoms with Crippen LogP contribution in [0.4, 0.5) is 17.2 Å². The molecule has 132 valence electrons. The second-order valence-electron chi connectivity index (χ2n) is 6.34. The molecule has 0 saturated carbocycles. The molecule has 27 heavy (non-hydrogen) atoms. The van der Waals surface area contributed by atoms with E-state index in [2.05, 4.69) is 21.4 Å². The molecular weight excluding hydrogens is 338 g/mol. The molecule has 1 aliphatic heterocycles. The Morgan fingerprint density at radius 1 is 1.15 bits per heavy atom. The van der Waals surface area contributed by atoms with Crippen LogP contribution in [0.2, 0.25) is 0 Å². The molecule has 0 atom stereocenters. The minimum atomic E-state index is -0.131. The Morgan fingerprint density at radius 2 is 1.93 bits per heavy atom. The van der Waals surface area contributed by atoms with Crippen molar-refractivity contribution in [1.29, 1.82) is 5.26 Å². The third kappa shape index (κ3) is 3.35. The zero-order chi connectivity index (χ0) is 18.8. The summed E-state index contributed by atoms with van der Waals surface area (Å²) < 4.78 is 0. The summed E-state index contributed by atoms with van der Waals surface area (Å²) in [6, 6.07) is 18.7. The molecular formula is C21H17N5O. The van der Waals surface area contributed by atoms with E-state index in [0.29, 0.717) is 29.4 Å². The fourth-order valence-electron chi connectivity index (χ4n) is 3.20. The van der Waals surface area contributed by atoms with Gasteiger partial charge in [-0.15, -0.1) is 0 Å². The van der Waals surface area contributed by atoms with E-state index in [-0.39, 0.29) is 5.91 Å². The van der Waals surface area contributed by atoms with Gasteiger partial charge < -0.3 is 10.2 Å². The zero-order valence-electron chi connectivity index (χ0n) is 14.8. The molecule has 6 nitrogen and oxygen atoms in total. The summed E-state index contributed by atoms with van der Waals surface area (Å²) in [6.07, 6.45) is 0.850. The number of para-hydroxylation sites is 1. The third-order valence-electron chi connectivity index (χ3n) is 4.48. The molecule has 6 heteroatoms. The summed E-state index contributed by atoms with van der Waals surface area (Å²) in [5.74, 6) is 0.931. The molecule has 1 aromatic heterocycles. The zero-order valence-corrected chi connectivity index (χ0v) is 14.8. The molecule has 1 aliphatic rings. The fourth-order valence-corrected chi connectivity index (χ4v) is 3.20. The lowest BCUT2D eigenvalue weighted by Crippen LogP contribution is -2.30. The Hall–Kier alpha value is -3.72. The monoisotopic (exact) mass is 355 g/mol. The van der Waals surface area contributed by atoms with Crippen molar-refractivity contribution < 1.29 is 4.79 Å². The first kappa shape index (κ1) is 16.7. The molecule has 1 amide bonds. The Bertz CT molecular complexity index is 1050. The van der Waals surface area contributed by atoms with Crippen molar-refractivity contribution in [2.45, 2.75) is 13.3 Å². The number of carbonyl (C=O) groups excluding carboxylic acids is 1. The molecule has 1 N–H and O–H groups in total. The highest BCUT2D eigenvalue weighted by Gasteiger charge is 2.26. The van der Waals surface area contributed by atoms with Gasteiger partial charge in [0.05, 0.1) is 11.6 Å². The number of rotatable bonds is 3. The number of nitrogens with zero attached hydrogens (tertiary/aromatic N) is 4. The van der Waals surface area contributed by atoms with Crippen molar-refractivity contribution in [3.8, 4) is 6.07 Å². The van der Waals surface area contributed by atoms with E-state index in [4.69, 9.17) is 5.26 Å². The van der Waals surface area contributed by atoms with Crippen LogP contribution in [0.15, 0.2) is 54.6 Å². The van der Waals surface area contributed by atoms with Gasteiger partial charge in [0.1, 0.15) is 17.3 Å². The maximum absolute atomic E-state index is 13.0. The van der Waals surface area contributed by atoms with Gasteiger partial charge in [-0.3, -0.25) is 4.79 Å². The third-order valence-corrected chi connectivity index (χ3v) is 4.48. The number of hydrogen-bond donors (Lipinski definition) is 1. The Kier molecular flexibility index (Phi) is 4.27. The van der Waals surface area contributed by atoms with Gasteiger partial charge in [-0.1, -0.05) is 18.2 Å². The largest absolute Gasteiger partial charge is 0.340 e. The van der Waals surface area contributed by atoms with Crippen LogP contribution in [0.3, 0.4) is 0 Å². The average Bonchev–Trinajstić information content (AvgIpc) is 3.11. The standard InChI is InChI=1S/C21H17N5O/c1-14-23-18(21(27)26-11-10-16-4-2-3-5-19(16)26)12-20(24-14)25-17-8-6-15(13-22)7-9-17/h2-9,12H,10-11H2,1H3,(H,23,24,25). The predicted molar refractivity (Wildman–Crippen MR) is 103 cm³/mol. The van der Waals surface area contributed by atoms with Crippen LogP contribution in [-0.4, -0.2) is 22.4 Å². The minimum absolute atomic E-state index is 0.131. The molecule has 3 aromatic rings. The fraction of sp³-hybridized carbons (Fsp3) is 0.143. The van der Waals surface area contributed by atoms with E-state index in [1.165, 1.54) is 5.56 Å². The van der Waals surface area contributed by atoms with Gasteiger partial charge >= 0.3 is 0 Å². The molecule has 0 radical (unpaired) electrons. The smallest absolute Gasteiger partial charge is 0.277 e. The molecule has 0 saturated heterocycles. The quantitative estimate of drug-likeness (QED) is 0.776. The molecule has 2 heterocycles. The normalized spacial score (nSPS) is 12.4. The second kappa shape index (κ2) is 6.89. The highest BCUT2D eigenvalue weighted by Crippen LogP contribution is 2.29. The summed E-state index contributed by atoms with van der Waals surface area (Å²) in [5, 5.41) is 12.1. The van der Waals surface area contributed by atoms with Gasteiger partial charge in [0.25, 0.3) is 5.91 Å². The number of nitriles is 1. The van der Waals surface area contributed by atoms with Gasteiger partial charge in [0.2, 0.25) is 0 Å². The molecule has 4 rings (SSSR count). The number of carbonyl (C=O) groups is 1. The van der Waals surface area contributed by atoms with Crippen molar-refractivity contribution >= 4 is 23.1 Å². The Morgan fingerprint density at radius 3 is 2.70 bits per heavy atom. The second-order valence-corrected chi connectivity index (χ2v) is 6.34. The maximum Gasteiger partial charge on any atom is 0.277 e. The van der Waals surface area contributed by atoms with E-state index in [9.17, 15) is 4.79 Å². The topological polar surface area (TPSA) is 81.9 Å². The van der Waals surface area contributed by atoms with Crippen LogP contribution in [0.1, 0.15) is 27.4 Å². The van der Waals surface area contributed by atoms with Gasteiger partial charge in [-0.2, -0.15) is 5.26 Å². The Balaban J connectivity index is 1.60. The van der Waals surface area contributed by atoms with E-state index in [0.717, 1.165) is 17.8 Å². The van der Waals surface area contributed by atoms with Crippen molar-refractivity contribution in [3.63, 3.8) is 0 Å². The lowest BCUT2D eigenvalue weighted by molar-refractivity contribution is 0.0984. The van der Waals surface area contributed by atoms with Crippen LogP contribution in [0.5, 0.6) is 0 Å². The number of benzene rings is 2. The van der Waals surface area contributed by atoms with E-state index < -0.39 is 0 Å². The van der Waals surface area contributed by atoms with Crippen molar-refractivity contribution in [1.82, 2.24) is 9.97 Å². The van der Waals surface area contributed by atoms with E-state index in [1.54, 1.807) is 42.2 Å². The first-order valence-electron chi connectivity index (χ1n) is 8.67. The molecule has 0 bridgehead atoms. The molecule has 2 aromatic carbocycles. The first-order chi connectivity index (χ1) is 13.1. The number of hydrogen-bond acceptors (Lipinski definition) is 5. The number of aromatic nitrogens is 2. The van der Waals surface area contributed by atoms with Gasteiger partial charge in [-0.05, 0) is 49.2 Å². The van der Waals surface area contributed by atoms with Gasteiger partial charge in [0.15, 0.2) is 0 Å². The highest BCUT2D eigenvalue weighted by molar-refractivity contribution is 6.06. The van der Waals surface area contributed by atoms with Crippen LogP contribution in [0.25, 0.3) is 0 Å². The number of fused-ring (bicyclic) bond motifs is 1. The number of aryl methyl sites for hydroxylation is 1. The SMILES string of the molecule is Cc1nc(Nc2ccc(C#N)cc2)cc(C(=O)N2CCc3ccccc32)n1. The lowest BCUT2D eigenvalue weighted by atomic mass is 10.2. The van der Waals surface area contributed by atoms with Crippen molar-refractivity contribution in [2.24, 2.45) is 0 Å². The predicted octanol–water partition coefficient (Wildman–Crippen LogP) is 3.60. The first-order valence-corrected chi connectivity index (χ1v) is 8.67. The average molecular weight is 355 g/mol. The van der Waals surface area contributed by atoms with Crippen LogP contribution in [-0.2, 0) is 6.42 Å². The van der Waals surface area contributed by atoms with Crippen LogP contribution in [0, 0.1) is 18.3 Å². The van der Waals surface area contributed by atoms with Crippen LogP contribution >= 0.6 is 0 Å². The summed E-state index contributed by atoms with van der Waals surface area (Å²) in [4.78, 5) is 23.5. The molecule has 0 spiro atoms. The summed E-state index contributed by atoms with van der Waals surface area (Å²) >= 11 is 0. The van der Waals surface area contributed by atoms with E-state index in [1.807, 2.05) is 24.3 Å². The van der Waals surface area contributed by atoms with Crippen LogP contribution < -0.4 is 10.2 Å². The minimum Gasteiger partial charge on any atom is -0.340 e. The molecule has 0 unspecified atom stereocenters. The lowest BCUT2D eigenvalue weighted by Gasteiger charge is -2.17. The van der Waals surface area contributed by atoms with Gasteiger partial charge in [0, 0.05) is 24.0 Å². The van der Waals surface area contributed by atoms with E-state index >= 15 is 0 Å². The summed E-state index contributed by atoms with van der Waals surface area (Å²) in [7, 11) is 0. The molecule has 0 fully saturated rings. The number of nitrogens with one attached hydrogen (secondary N) is 1. The number of amides is 1. The van der Waals surface area contributed by atoms with Crippen molar-refractivity contribution in [3.05, 3.63) is 77.2 Å². The highest BCUT2D eigenvalue weighted by atomic mass is 16.2. The molecule has 0 aliphatic carbocycles. The Labute approximate surface area is 157 Å². The summed E-state index contributed by atoms with van der Waals surface area (Å²) in [5.41, 5.74) is 3.85. The maximum atomic E-state index is 13.0.